The van der Waals surface area contributed by atoms with Crippen LogP contribution in [0.1, 0.15) is 34.8 Å². The Hall–Kier alpha value is -2.38. The van der Waals surface area contributed by atoms with Gasteiger partial charge in [0.15, 0.2) is 0 Å². The van der Waals surface area contributed by atoms with Gasteiger partial charge in [0.25, 0.3) is 5.91 Å². The molecule has 2 rings (SSSR count). The second-order valence-corrected chi connectivity index (χ2v) is 5.29. The van der Waals surface area contributed by atoms with Gasteiger partial charge in [0, 0.05) is 19.3 Å². The van der Waals surface area contributed by atoms with Crippen LogP contribution in [0.3, 0.4) is 0 Å². The highest BCUT2D eigenvalue weighted by Crippen LogP contribution is 2.13. The van der Waals surface area contributed by atoms with E-state index in [1.54, 1.807) is 29.2 Å². The van der Waals surface area contributed by atoms with Crippen LogP contribution in [0.5, 0.6) is 0 Å². The average Bonchev–Trinajstić information content (AvgIpc) is 2.55. The van der Waals surface area contributed by atoms with Gasteiger partial charge in [0.1, 0.15) is 5.15 Å². The molecule has 0 aliphatic carbocycles. The van der Waals surface area contributed by atoms with Crippen molar-refractivity contribution in [2.75, 3.05) is 6.54 Å². The molecule has 1 amide bonds. The Labute approximate surface area is 135 Å². The van der Waals surface area contributed by atoms with Crippen LogP contribution >= 0.6 is 11.6 Å². The predicted molar refractivity (Wildman–Crippen MR) is 85.4 cm³/mol. The highest BCUT2D eigenvalue weighted by atomic mass is 35.5. The lowest BCUT2D eigenvalue weighted by atomic mass is 10.1. The summed E-state index contributed by atoms with van der Waals surface area (Å²) in [5.41, 5.74) is 2.12. The minimum Gasteiger partial charge on any atom is -0.334 e. The van der Waals surface area contributed by atoms with Gasteiger partial charge < -0.3 is 4.90 Å². The predicted octanol–water partition coefficient (Wildman–Crippen LogP) is 3.66. The monoisotopic (exact) mass is 313 g/mol. The van der Waals surface area contributed by atoms with Crippen LogP contribution in [-0.2, 0) is 6.54 Å². The second kappa shape index (κ2) is 7.58. The number of carbonyl (C=O) groups is 1. The van der Waals surface area contributed by atoms with Crippen molar-refractivity contribution >= 4 is 17.5 Å². The van der Waals surface area contributed by atoms with Gasteiger partial charge in [-0.2, -0.15) is 5.26 Å². The van der Waals surface area contributed by atoms with E-state index in [1.165, 1.54) is 6.20 Å². The number of aromatic nitrogens is 1. The lowest BCUT2D eigenvalue weighted by Gasteiger charge is -2.22. The molecule has 0 spiro atoms. The molecule has 0 radical (unpaired) electrons. The molecule has 22 heavy (non-hydrogen) atoms. The summed E-state index contributed by atoms with van der Waals surface area (Å²) in [7, 11) is 0. The maximum absolute atomic E-state index is 12.6. The second-order valence-electron chi connectivity index (χ2n) is 4.91. The maximum atomic E-state index is 12.6. The molecule has 0 fully saturated rings. The topological polar surface area (TPSA) is 57.0 Å². The lowest BCUT2D eigenvalue weighted by molar-refractivity contribution is 0.0743. The summed E-state index contributed by atoms with van der Waals surface area (Å²) >= 11 is 5.75. The lowest BCUT2D eigenvalue weighted by Crippen LogP contribution is -2.31. The van der Waals surface area contributed by atoms with Crippen molar-refractivity contribution < 1.29 is 4.79 Å². The molecule has 2 aromatic rings. The number of benzene rings is 1. The molecule has 0 saturated carbocycles. The van der Waals surface area contributed by atoms with Gasteiger partial charge in [-0.1, -0.05) is 30.7 Å². The van der Waals surface area contributed by atoms with E-state index in [1.807, 2.05) is 19.1 Å². The first-order valence-corrected chi connectivity index (χ1v) is 7.41. The summed E-state index contributed by atoms with van der Waals surface area (Å²) in [4.78, 5) is 18.3. The Bertz CT molecular complexity index is 675. The van der Waals surface area contributed by atoms with Crippen molar-refractivity contribution in [2.24, 2.45) is 0 Å². The molecule has 0 atom stereocenters. The summed E-state index contributed by atoms with van der Waals surface area (Å²) in [6.07, 6.45) is 2.36. The first kappa shape index (κ1) is 16.0. The molecule has 1 heterocycles. The van der Waals surface area contributed by atoms with Gasteiger partial charge in [-0.05, 0) is 36.2 Å². The van der Waals surface area contributed by atoms with Crippen molar-refractivity contribution in [3.05, 3.63) is 64.4 Å². The van der Waals surface area contributed by atoms with Crippen LogP contribution in [0.4, 0.5) is 0 Å². The van der Waals surface area contributed by atoms with Crippen LogP contribution in [0, 0.1) is 11.3 Å². The number of halogens is 1. The third-order valence-corrected chi connectivity index (χ3v) is 3.44. The zero-order valence-corrected chi connectivity index (χ0v) is 13.0. The number of rotatable bonds is 5. The van der Waals surface area contributed by atoms with Crippen molar-refractivity contribution in [3.63, 3.8) is 0 Å². The van der Waals surface area contributed by atoms with Crippen LogP contribution in [0.25, 0.3) is 0 Å². The van der Waals surface area contributed by atoms with Crippen LogP contribution < -0.4 is 0 Å². The highest BCUT2D eigenvalue weighted by Gasteiger charge is 2.15. The molecule has 0 unspecified atom stereocenters. The van der Waals surface area contributed by atoms with Crippen molar-refractivity contribution in [1.29, 1.82) is 5.26 Å². The molecule has 0 bridgehead atoms. The fraction of sp³-hybridized carbons (Fsp3) is 0.235. The van der Waals surface area contributed by atoms with Crippen LogP contribution in [0.15, 0.2) is 42.6 Å². The number of pyridine rings is 1. The third-order valence-electron chi connectivity index (χ3n) is 3.21. The Morgan fingerprint density at radius 3 is 2.55 bits per heavy atom. The van der Waals surface area contributed by atoms with E-state index in [0.717, 1.165) is 12.0 Å². The number of hydrogen-bond donors (Lipinski definition) is 0. The van der Waals surface area contributed by atoms with Crippen molar-refractivity contribution in [3.8, 4) is 6.07 Å². The number of hydrogen-bond acceptors (Lipinski definition) is 3. The Balaban J connectivity index is 2.16. The van der Waals surface area contributed by atoms with Gasteiger partial charge in [0.05, 0.1) is 17.2 Å². The van der Waals surface area contributed by atoms with Crippen molar-refractivity contribution in [2.45, 2.75) is 19.9 Å². The third kappa shape index (κ3) is 4.06. The highest BCUT2D eigenvalue weighted by molar-refractivity contribution is 6.29. The first-order valence-electron chi connectivity index (χ1n) is 7.04. The first-order chi connectivity index (χ1) is 10.6. The molecule has 0 saturated heterocycles. The summed E-state index contributed by atoms with van der Waals surface area (Å²) in [6.45, 7) is 3.18. The Kier molecular flexibility index (Phi) is 5.51. The average molecular weight is 314 g/mol. The zero-order valence-electron chi connectivity index (χ0n) is 12.3. The maximum Gasteiger partial charge on any atom is 0.255 e. The van der Waals surface area contributed by atoms with E-state index in [4.69, 9.17) is 16.9 Å². The SMILES string of the molecule is CCCN(Cc1ccc(C#N)cc1)C(=O)c1ccc(Cl)nc1. The number of amides is 1. The minimum atomic E-state index is -0.0737. The van der Waals surface area contributed by atoms with Gasteiger partial charge in [-0.3, -0.25) is 4.79 Å². The van der Waals surface area contributed by atoms with Gasteiger partial charge in [-0.25, -0.2) is 4.98 Å². The molecule has 1 aromatic heterocycles. The summed E-state index contributed by atoms with van der Waals surface area (Å²) < 4.78 is 0. The number of nitrogens with zero attached hydrogens (tertiary/aromatic N) is 3. The molecule has 5 heteroatoms. The van der Waals surface area contributed by atoms with Crippen LogP contribution in [-0.4, -0.2) is 22.3 Å². The number of nitriles is 1. The van der Waals surface area contributed by atoms with Gasteiger partial charge >= 0.3 is 0 Å². The summed E-state index contributed by atoms with van der Waals surface area (Å²) in [5, 5.41) is 9.19. The zero-order chi connectivity index (χ0) is 15.9. The standard InChI is InChI=1S/C17H16ClN3O/c1-2-9-21(12-14-5-3-13(10-19)4-6-14)17(22)15-7-8-16(18)20-11-15/h3-8,11H,2,9,12H2,1H3. The summed E-state index contributed by atoms with van der Waals surface area (Å²) in [6, 6.07) is 12.6. The Morgan fingerprint density at radius 1 is 1.27 bits per heavy atom. The van der Waals surface area contributed by atoms with E-state index in [2.05, 4.69) is 11.1 Å². The van der Waals surface area contributed by atoms with E-state index >= 15 is 0 Å². The minimum absolute atomic E-state index is 0.0737. The molecule has 0 aliphatic heterocycles. The smallest absolute Gasteiger partial charge is 0.255 e. The fourth-order valence-electron chi connectivity index (χ4n) is 2.11. The largest absolute Gasteiger partial charge is 0.334 e. The molecule has 1 aromatic carbocycles. The van der Waals surface area contributed by atoms with E-state index in [0.29, 0.717) is 29.4 Å². The Morgan fingerprint density at radius 2 is 2.00 bits per heavy atom. The quantitative estimate of drug-likeness (QED) is 0.791. The van der Waals surface area contributed by atoms with Crippen LogP contribution in [0.2, 0.25) is 5.15 Å². The van der Waals surface area contributed by atoms with E-state index < -0.39 is 0 Å². The molecule has 4 nitrogen and oxygen atoms in total. The number of carbonyl (C=O) groups excluding carboxylic acids is 1. The van der Waals surface area contributed by atoms with Gasteiger partial charge in [0.2, 0.25) is 0 Å². The molecular weight excluding hydrogens is 298 g/mol. The normalized spacial score (nSPS) is 10.0. The fourth-order valence-corrected chi connectivity index (χ4v) is 2.22. The molecule has 112 valence electrons. The van der Waals surface area contributed by atoms with Gasteiger partial charge in [-0.15, -0.1) is 0 Å². The molecular formula is C17H16ClN3O. The molecule has 0 N–H and O–H groups in total. The van der Waals surface area contributed by atoms with Crippen molar-refractivity contribution in [1.82, 2.24) is 9.88 Å². The van der Waals surface area contributed by atoms with E-state index in [-0.39, 0.29) is 5.91 Å². The van der Waals surface area contributed by atoms with E-state index in [9.17, 15) is 4.79 Å². The summed E-state index contributed by atoms with van der Waals surface area (Å²) in [5.74, 6) is -0.0737. The molecule has 0 aliphatic rings.